The summed E-state index contributed by atoms with van der Waals surface area (Å²) >= 11 is 0. The van der Waals surface area contributed by atoms with E-state index in [4.69, 9.17) is 18.5 Å². The Kier molecular flexibility index (Phi) is 64.4. The maximum Gasteiger partial charge on any atom is 0.472 e. The van der Waals surface area contributed by atoms with Gasteiger partial charge in [0.15, 0.2) is 6.10 Å². The van der Waals surface area contributed by atoms with Crippen molar-refractivity contribution < 1.29 is 42.1 Å². The highest BCUT2D eigenvalue weighted by atomic mass is 31.2. The first-order valence-electron chi connectivity index (χ1n) is 36.3. The number of carbonyl (C=O) groups is 2. The van der Waals surface area contributed by atoms with E-state index in [0.29, 0.717) is 23.9 Å². The van der Waals surface area contributed by atoms with Gasteiger partial charge in [0.05, 0.1) is 27.7 Å². The fraction of sp³-hybridized carbons (Fsp3) is 0.789. The molecule has 0 spiro atoms. The SMILES string of the molecule is CC/C=C\C/C=C\C/C=C\C/C=C\C/C=C\C/C=C\C/C=C\CCCCCCCCCCCCCCCCCCCC(=O)OC(COC(=O)CCCCCCCCCCCCCCCCCCCCCCCCC)COP(=O)(O)OCC[N+](C)(C)C. The summed E-state index contributed by atoms with van der Waals surface area (Å²) in [6.45, 7) is 4.37. The standard InChI is InChI=1S/C76H138NO8P/c1-6-8-10-12-14-16-18-20-22-24-26-28-30-31-32-33-34-35-36-37-38-39-40-41-42-43-44-45-47-49-51-53-55-57-59-61-63-65-67-69-76(79)85-74(73-84-86(80,81)83-71-70-77(3,4)5)72-82-75(78)68-66-64-62-60-58-56-54-52-50-48-46-29-27-25-23-21-19-17-15-13-11-9-7-2/h8,10,14,16,20,22,26,28,31-32,34-35,37-38,74H,6-7,9,11-13,15,17-19,21,23-25,27,29-30,33,36,39-73H2,1-5H3/p+1/b10-8-,16-14-,22-20-,28-26-,32-31-,35-34-,38-37-. The number of phosphoric acid groups is 1. The smallest absolute Gasteiger partial charge is 0.462 e. The molecule has 0 aliphatic rings. The van der Waals surface area contributed by atoms with Gasteiger partial charge in [0.2, 0.25) is 0 Å². The van der Waals surface area contributed by atoms with E-state index in [9.17, 15) is 19.0 Å². The molecule has 0 aliphatic heterocycles. The number of ether oxygens (including phenoxy) is 2. The molecular weight excluding hydrogens is 1090 g/mol. The predicted molar refractivity (Wildman–Crippen MR) is 372 cm³/mol. The van der Waals surface area contributed by atoms with Crippen molar-refractivity contribution in [3.8, 4) is 0 Å². The molecule has 1 N–H and O–H groups in total. The molecular formula is C76H139NO8P+. The van der Waals surface area contributed by atoms with Crippen LogP contribution in [0.4, 0.5) is 0 Å². The maximum absolute atomic E-state index is 12.9. The Labute approximate surface area is 532 Å². The number of rotatable bonds is 67. The number of quaternary nitrogens is 1. The molecule has 500 valence electrons. The van der Waals surface area contributed by atoms with Crippen molar-refractivity contribution in [3.05, 3.63) is 85.1 Å². The molecule has 0 bridgehead atoms. The molecule has 86 heavy (non-hydrogen) atoms. The highest BCUT2D eigenvalue weighted by Gasteiger charge is 2.27. The third-order valence-electron chi connectivity index (χ3n) is 15.9. The number of esters is 2. The number of hydrogen-bond acceptors (Lipinski definition) is 7. The minimum Gasteiger partial charge on any atom is -0.462 e. The molecule has 0 aliphatic carbocycles. The quantitative estimate of drug-likeness (QED) is 0.0211. The minimum atomic E-state index is -4.39. The van der Waals surface area contributed by atoms with Crippen LogP contribution in [0.3, 0.4) is 0 Å². The summed E-state index contributed by atoms with van der Waals surface area (Å²) in [6.07, 6.45) is 91.3. The van der Waals surface area contributed by atoms with Crippen LogP contribution in [0.2, 0.25) is 0 Å². The number of unbranched alkanes of at least 4 members (excludes halogenated alkanes) is 39. The summed E-state index contributed by atoms with van der Waals surface area (Å²) in [5.74, 6) is -0.781. The molecule has 0 fully saturated rings. The molecule has 9 nitrogen and oxygen atoms in total. The lowest BCUT2D eigenvalue weighted by Crippen LogP contribution is -2.37. The molecule has 0 amide bonds. The molecule has 0 rings (SSSR count). The summed E-state index contributed by atoms with van der Waals surface area (Å²) in [5.41, 5.74) is 0. The van der Waals surface area contributed by atoms with Crippen LogP contribution in [-0.4, -0.2) is 74.9 Å². The summed E-state index contributed by atoms with van der Waals surface area (Å²) in [5, 5.41) is 0. The minimum absolute atomic E-state index is 0.0324. The fourth-order valence-corrected chi connectivity index (χ4v) is 11.2. The van der Waals surface area contributed by atoms with Crippen molar-refractivity contribution in [2.24, 2.45) is 0 Å². The van der Waals surface area contributed by atoms with Gasteiger partial charge in [-0.15, -0.1) is 0 Å². The Morgan fingerprint density at radius 2 is 0.663 bits per heavy atom. The van der Waals surface area contributed by atoms with E-state index in [1.807, 2.05) is 21.1 Å². The van der Waals surface area contributed by atoms with Crippen molar-refractivity contribution in [2.75, 3.05) is 47.5 Å². The molecule has 10 heteroatoms. The van der Waals surface area contributed by atoms with Crippen LogP contribution < -0.4 is 0 Å². The maximum atomic E-state index is 12.9. The third kappa shape index (κ3) is 70.3. The Balaban J connectivity index is 3.98. The number of allylic oxidation sites excluding steroid dienone is 14. The first-order chi connectivity index (χ1) is 42.0. The van der Waals surface area contributed by atoms with E-state index in [1.165, 1.54) is 225 Å². The molecule has 0 saturated heterocycles. The number of phosphoric ester groups is 1. The summed E-state index contributed by atoms with van der Waals surface area (Å²) in [4.78, 5) is 35.9. The number of likely N-dealkylation sites (N-methyl/N-ethyl adjacent to an activating group) is 1. The van der Waals surface area contributed by atoms with E-state index in [0.717, 1.165) is 77.0 Å². The van der Waals surface area contributed by atoms with Gasteiger partial charge in [-0.3, -0.25) is 18.6 Å². The van der Waals surface area contributed by atoms with Crippen LogP contribution >= 0.6 is 7.82 Å². The lowest BCUT2D eigenvalue weighted by atomic mass is 10.0. The van der Waals surface area contributed by atoms with E-state index in [1.54, 1.807) is 0 Å². The first-order valence-corrected chi connectivity index (χ1v) is 37.8. The Bertz CT molecular complexity index is 1730. The van der Waals surface area contributed by atoms with Gasteiger partial charge in [0.25, 0.3) is 0 Å². The van der Waals surface area contributed by atoms with Crippen LogP contribution in [0.15, 0.2) is 85.1 Å². The normalized spacial score (nSPS) is 13.6. The number of carbonyl (C=O) groups excluding carboxylic acids is 2. The van der Waals surface area contributed by atoms with Crippen molar-refractivity contribution >= 4 is 19.8 Å². The van der Waals surface area contributed by atoms with Crippen molar-refractivity contribution in [3.63, 3.8) is 0 Å². The molecule has 0 aromatic carbocycles. The van der Waals surface area contributed by atoms with Crippen molar-refractivity contribution in [1.82, 2.24) is 0 Å². The Morgan fingerprint density at radius 1 is 0.372 bits per heavy atom. The van der Waals surface area contributed by atoms with Crippen LogP contribution in [0.5, 0.6) is 0 Å². The second-order valence-corrected chi connectivity index (χ2v) is 27.1. The molecule has 0 aromatic heterocycles. The zero-order valence-corrected chi connectivity index (χ0v) is 57.9. The van der Waals surface area contributed by atoms with Crippen LogP contribution in [0, 0.1) is 0 Å². The van der Waals surface area contributed by atoms with Gasteiger partial charge in [-0.2, -0.15) is 0 Å². The first kappa shape index (κ1) is 83.2. The summed E-state index contributed by atoms with van der Waals surface area (Å²) in [6, 6.07) is 0. The molecule has 0 aromatic rings. The van der Waals surface area contributed by atoms with Crippen molar-refractivity contribution in [2.45, 2.75) is 341 Å². The van der Waals surface area contributed by atoms with Crippen LogP contribution in [0.1, 0.15) is 335 Å². The lowest BCUT2D eigenvalue weighted by molar-refractivity contribution is -0.870. The van der Waals surface area contributed by atoms with Gasteiger partial charge in [0.1, 0.15) is 19.8 Å². The average Bonchev–Trinajstić information content (AvgIpc) is 3.56. The number of hydrogen-bond donors (Lipinski definition) is 1. The highest BCUT2D eigenvalue weighted by Crippen LogP contribution is 2.43. The highest BCUT2D eigenvalue weighted by molar-refractivity contribution is 7.47. The topological polar surface area (TPSA) is 108 Å². The zero-order valence-electron chi connectivity index (χ0n) is 57.0. The number of nitrogens with zero attached hydrogens (tertiary/aromatic N) is 1. The summed E-state index contributed by atoms with van der Waals surface area (Å²) in [7, 11) is 1.49. The Hall–Kier alpha value is -2.81. The fourth-order valence-electron chi connectivity index (χ4n) is 10.4. The average molecular weight is 1230 g/mol. The molecule has 2 unspecified atom stereocenters. The summed E-state index contributed by atoms with van der Waals surface area (Å²) < 4.78 is 34.8. The van der Waals surface area contributed by atoms with Gasteiger partial charge in [0, 0.05) is 12.8 Å². The zero-order chi connectivity index (χ0) is 62.6. The monoisotopic (exact) mass is 1230 g/mol. The van der Waals surface area contributed by atoms with Crippen LogP contribution in [0.25, 0.3) is 0 Å². The van der Waals surface area contributed by atoms with Gasteiger partial charge in [-0.05, 0) is 70.6 Å². The van der Waals surface area contributed by atoms with Crippen molar-refractivity contribution in [1.29, 1.82) is 0 Å². The molecule has 0 saturated carbocycles. The van der Waals surface area contributed by atoms with E-state index in [2.05, 4.69) is 98.9 Å². The van der Waals surface area contributed by atoms with Gasteiger partial charge < -0.3 is 18.9 Å². The third-order valence-corrected chi connectivity index (χ3v) is 16.9. The molecule has 0 radical (unpaired) electrons. The second kappa shape index (κ2) is 66.6. The lowest BCUT2D eigenvalue weighted by Gasteiger charge is -2.24. The molecule has 2 atom stereocenters. The Morgan fingerprint density at radius 3 is 0.988 bits per heavy atom. The van der Waals surface area contributed by atoms with E-state index in [-0.39, 0.29) is 25.6 Å². The largest absolute Gasteiger partial charge is 0.472 e. The van der Waals surface area contributed by atoms with E-state index < -0.39 is 26.5 Å². The molecule has 0 heterocycles. The van der Waals surface area contributed by atoms with Gasteiger partial charge in [-0.25, -0.2) is 4.57 Å². The van der Waals surface area contributed by atoms with Gasteiger partial charge in [-0.1, -0.05) is 336 Å². The van der Waals surface area contributed by atoms with Crippen LogP contribution in [-0.2, 0) is 32.7 Å². The predicted octanol–water partition coefficient (Wildman–Crippen LogP) is 23.7. The van der Waals surface area contributed by atoms with Gasteiger partial charge >= 0.3 is 19.8 Å². The van der Waals surface area contributed by atoms with E-state index >= 15 is 0 Å². The second-order valence-electron chi connectivity index (χ2n) is 25.6.